The third-order valence-corrected chi connectivity index (χ3v) is 7.92. The summed E-state index contributed by atoms with van der Waals surface area (Å²) in [7, 11) is -3.85. The van der Waals surface area contributed by atoms with Crippen molar-refractivity contribution < 1.29 is 13.2 Å². The van der Waals surface area contributed by atoms with E-state index >= 15 is 0 Å². The second-order valence-electron chi connectivity index (χ2n) is 8.57. The first-order valence-electron chi connectivity index (χ1n) is 10.6. The van der Waals surface area contributed by atoms with Crippen molar-refractivity contribution in [1.29, 1.82) is 0 Å². The largest absolute Gasteiger partial charge is 0.345 e. The summed E-state index contributed by atoms with van der Waals surface area (Å²) in [4.78, 5) is 20.4. The van der Waals surface area contributed by atoms with Crippen molar-refractivity contribution in [2.24, 2.45) is 0 Å². The first kappa shape index (κ1) is 21.6. The summed E-state index contributed by atoms with van der Waals surface area (Å²) in [5.41, 5.74) is 0.688. The van der Waals surface area contributed by atoms with Gasteiger partial charge in [-0.05, 0) is 63.8 Å². The minimum atomic E-state index is -3.85. The van der Waals surface area contributed by atoms with Crippen molar-refractivity contribution in [2.45, 2.75) is 62.7 Å². The highest BCUT2D eigenvalue weighted by Gasteiger charge is 2.37. The Hall–Kier alpha value is -1.61. The van der Waals surface area contributed by atoms with E-state index in [0.717, 1.165) is 37.7 Å². The number of fused-ring (bicyclic) bond motifs is 1. The fourth-order valence-electron chi connectivity index (χ4n) is 4.56. The molecule has 164 valence electrons. The van der Waals surface area contributed by atoms with Crippen LogP contribution < -0.4 is 4.72 Å². The van der Waals surface area contributed by atoms with Crippen molar-refractivity contribution in [1.82, 2.24) is 19.5 Å². The Morgan fingerprint density at radius 1 is 1.13 bits per heavy atom. The fourth-order valence-corrected chi connectivity index (χ4v) is 5.98. The van der Waals surface area contributed by atoms with Crippen molar-refractivity contribution in [3.63, 3.8) is 0 Å². The predicted molar refractivity (Wildman–Crippen MR) is 118 cm³/mol. The molecule has 0 unspecified atom stereocenters. The number of nitrogens with one attached hydrogen (secondary N) is 2. The van der Waals surface area contributed by atoms with Crippen LogP contribution in [0.4, 0.5) is 0 Å². The lowest BCUT2D eigenvalue weighted by Crippen LogP contribution is -2.57. The van der Waals surface area contributed by atoms with Gasteiger partial charge in [-0.1, -0.05) is 11.6 Å². The van der Waals surface area contributed by atoms with Crippen LogP contribution in [0.5, 0.6) is 0 Å². The number of sulfonamides is 1. The number of aromatic nitrogens is 1. The van der Waals surface area contributed by atoms with Crippen molar-refractivity contribution >= 4 is 38.4 Å². The molecule has 1 amide bonds. The third kappa shape index (κ3) is 4.37. The molecule has 2 saturated heterocycles. The topological polar surface area (TPSA) is 85.5 Å². The van der Waals surface area contributed by atoms with Crippen LogP contribution >= 0.6 is 11.6 Å². The lowest BCUT2D eigenvalue weighted by Gasteiger charge is -2.43. The Morgan fingerprint density at radius 3 is 2.57 bits per heavy atom. The quantitative estimate of drug-likeness (QED) is 0.730. The van der Waals surface area contributed by atoms with Crippen molar-refractivity contribution in [2.75, 3.05) is 19.6 Å². The zero-order valence-corrected chi connectivity index (χ0v) is 19.0. The summed E-state index contributed by atoms with van der Waals surface area (Å²) < 4.78 is 28.5. The second kappa shape index (κ2) is 8.49. The van der Waals surface area contributed by atoms with Gasteiger partial charge in [-0.2, -0.15) is 4.72 Å². The Labute approximate surface area is 182 Å². The number of carbonyl (C=O) groups is 1. The average Bonchev–Trinajstić information content (AvgIpc) is 3.14. The molecule has 0 aliphatic carbocycles. The standard InChI is InChI=1S/C21H29ClN4O3S/c1-14(2)25-10-7-17(8-11-25)26-9-3-4-19(21(26)27)24-30(28,29)20-13-15-12-16(22)5-6-18(15)23-20/h5-6,12-14,17,19,23-24H,3-4,7-11H2,1-2H3/t19-/m0/s1. The van der Waals surface area contributed by atoms with E-state index in [1.807, 2.05) is 4.90 Å². The number of hydrogen-bond acceptors (Lipinski definition) is 4. The SMILES string of the molecule is CC(C)N1CCC(N2CCC[C@H](NS(=O)(=O)c3cc4cc(Cl)ccc4[nH]3)C2=O)CC1. The summed E-state index contributed by atoms with van der Waals surface area (Å²) in [6.07, 6.45) is 3.19. The van der Waals surface area contributed by atoms with Gasteiger partial charge in [-0.25, -0.2) is 8.42 Å². The molecule has 1 atom stereocenters. The number of amides is 1. The predicted octanol–water partition coefficient (Wildman–Crippen LogP) is 2.96. The molecular formula is C21H29ClN4O3S. The monoisotopic (exact) mass is 452 g/mol. The summed E-state index contributed by atoms with van der Waals surface area (Å²) in [6.45, 7) is 7.03. The molecule has 4 rings (SSSR count). The molecule has 1 aromatic carbocycles. The van der Waals surface area contributed by atoms with E-state index in [-0.39, 0.29) is 17.0 Å². The minimum absolute atomic E-state index is 0.0509. The van der Waals surface area contributed by atoms with Crippen LogP contribution in [0, 0.1) is 0 Å². The molecule has 0 bridgehead atoms. The number of H-pyrrole nitrogens is 1. The highest BCUT2D eigenvalue weighted by Crippen LogP contribution is 2.25. The van der Waals surface area contributed by atoms with E-state index in [1.165, 1.54) is 0 Å². The summed E-state index contributed by atoms with van der Waals surface area (Å²) >= 11 is 6.00. The van der Waals surface area contributed by atoms with Crippen molar-refractivity contribution in [3.05, 3.63) is 29.3 Å². The van der Waals surface area contributed by atoms with Crippen LogP contribution in [0.25, 0.3) is 10.9 Å². The van der Waals surface area contributed by atoms with E-state index in [4.69, 9.17) is 11.6 Å². The van der Waals surface area contributed by atoms with Gasteiger partial charge in [0.05, 0.1) is 0 Å². The van der Waals surface area contributed by atoms with Crippen LogP contribution in [0.3, 0.4) is 0 Å². The lowest BCUT2D eigenvalue weighted by atomic mass is 9.97. The summed E-state index contributed by atoms with van der Waals surface area (Å²) in [6, 6.07) is 6.69. The number of hydrogen-bond donors (Lipinski definition) is 2. The first-order valence-corrected chi connectivity index (χ1v) is 12.5. The molecule has 1 aromatic heterocycles. The Balaban J connectivity index is 1.46. The zero-order valence-electron chi connectivity index (χ0n) is 17.4. The second-order valence-corrected chi connectivity index (χ2v) is 10.7. The van der Waals surface area contributed by atoms with Gasteiger partial charge in [0, 0.05) is 47.6 Å². The van der Waals surface area contributed by atoms with E-state index in [0.29, 0.717) is 29.5 Å². The number of nitrogens with zero attached hydrogens (tertiary/aromatic N) is 2. The van der Waals surface area contributed by atoms with E-state index < -0.39 is 16.1 Å². The van der Waals surface area contributed by atoms with Crippen LogP contribution in [0.15, 0.2) is 29.3 Å². The first-order chi connectivity index (χ1) is 14.2. The number of carbonyl (C=O) groups excluding carboxylic acids is 1. The van der Waals surface area contributed by atoms with Crippen LogP contribution in [0.2, 0.25) is 5.02 Å². The average molecular weight is 453 g/mol. The van der Waals surface area contributed by atoms with E-state index in [9.17, 15) is 13.2 Å². The maximum atomic E-state index is 13.1. The van der Waals surface area contributed by atoms with E-state index in [1.54, 1.807) is 24.3 Å². The van der Waals surface area contributed by atoms with Gasteiger partial charge in [-0.3, -0.25) is 4.79 Å². The number of benzene rings is 1. The molecule has 2 aliphatic heterocycles. The number of aromatic amines is 1. The number of likely N-dealkylation sites (tertiary alicyclic amines) is 2. The maximum absolute atomic E-state index is 13.1. The van der Waals surface area contributed by atoms with Gasteiger partial charge in [0.15, 0.2) is 0 Å². The molecule has 0 saturated carbocycles. The molecule has 0 radical (unpaired) electrons. The van der Waals surface area contributed by atoms with Gasteiger partial charge in [-0.15, -0.1) is 0 Å². The highest BCUT2D eigenvalue weighted by molar-refractivity contribution is 7.89. The van der Waals surface area contributed by atoms with Crippen LogP contribution in [-0.2, 0) is 14.8 Å². The van der Waals surface area contributed by atoms with Crippen LogP contribution in [0.1, 0.15) is 39.5 Å². The Kier molecular flexibility index (Phi) is 6.12. The summed E-state index contributed by atoms with van der Waals surface area (Å²) in [5.74, 6) is -0.105. The smallest absolute Gasteiger partial charge is 0.256 e. The van der Waals surface area contributed by atoms with Crippen LogP contribution in [-0.4, -0.2) is 66.9 Å². The molecule has 0 spiro atoms. The normalized spacial score (nSPS) is 22.3. The molecule has 2 aromatic rings. The van der Waals surface area contributed by atoms with Gasteiger partial charge >= 0.3 is 0 Å². The Morgan fingerprint density at radius 2 is 1.87 bits per heavy atom. The molecule has 2 aliphatic rings. The Bertz CT molecular complexity index is 1030. The lowest BCUT2D eigenvalue weighted by molar-refractivity contribution is -0.139. The third-order valence-electron chi connectivity index (χ3n) is 6.29. The molecule has 2 fully saturated rings. The molecule has 9 heteroatoms. The zero-order chi connectivity index (χ0) is 21.5. The number of piperidine rings is 2. The van der Waals surface area contributed by atoms with Gasteiger partial charge in [0.1, 0.15) is 11.1 Å². The van der Waals surface area contributed by atoms with Crippen molar-refractivity contribution in [3.8, 4) is 0 Å². The molecule has 30 heavy (non-hydrogen) atoms. The van der Waals surface area contributed by atoms with E-state index in [2.05, 4.69) is 28.5 Å². The van der Waals surface area contributed by atoms with Gasteiger partial charge in [0.25, 0.3) is 10.0 Å². The maximum Gasteiger partial charge on any atom is 0.256 e. The number of halogens is 1. The molecule has 2 N–H and O–H groups in total. The van der Waals surface area contributed by atoms with Gasteiger partial charge in [0.2, 0.25) is 5.91 Å². The molecule has 7 nitrogen and oxygen atoms in total. The van der Waals surface area contributed by atoms with Gasteiger partial charge < -0.3 is 14.8 Å². The fraction of sp³-hybridized carbons (Fsp3) is 0.571. The molecule has 3 heterocycles. The highest BCUT2D eigenvalue weighted by atomic mass is 35.5. The minimum Gasteiger partial charge on any atom is -0.345 e. The number of rotatable bonds is 5. The molecular weight excluding hydrogens is 424 g/mol. The summed E-state index contributed by atoms with van der Waals surface area (Å²) in [5, 5.41) is 1.31.